The fourth-order valence-electron chi connectivity index (χ4n) is 3.65. The van der Waals surface area contributed by atoms with Gasteiger partial charge < -0.3 is 20.1 Å². The first-order chi connectivity index (χ1) is 14.2. The normalized spacial score (nSPS) is 14.3. The van der Waals surface area contributed by atoms with E-state index in [2.05, 4.69) is 38.6 Å². The zero-order valence-electron chi connectivity index (χ0n) is 16.4. The van der Waals surface area contributed by atoms with Crippen LogP contribution in [-0.4, -0.2) is 54.1 Å². The number of rotatable bonds is 7. The molecule has 4 rings (SSSR count). The predicted octanol–water partition coefficient (Wildman–Crippen LogP) is 2.86. The maximum absolute atomic E-state index is 12.1. The highest BCUT2D eigenvalue weighted by atomic mass is 16.5. The molecular formula is C22H26N4O3. The SMILES string of the molecule is O=C(NCCCCc1n[nH]c2cc(N3CCOCC3)ccc12)c1ccccc1O. The number of carbonyl (C=O) groups excluding carboxylic acids is 1. The lowest BCUT2D eigenvalue weighted by atomic mass is 10.1. The molecule has 1 fully saturated rings. The summed E-state index contributed by atoms with van der Waals surface area (Å²) in [7, 11) is 0. The van der Waals surface area contributed by atoms with Crippen LogP contribution in [0.5, 0.6) is 5.75 Å². The van der Waals surface area contributed by atoms with E-state index in [1.54, 1.807) is 18.2 Å². The smallest absolute Gasteiger partial charge is 0.255 e. The number of unbranched alkanes of at least 4 members (excludes halogenated alkanes) is 1. The van der Waals surface area contributed by atoms with E-state index in [1.807, 2.05) is 0 Å². The number of H-pyrrole nitrogens is 1. The van der Waals surface area contributed by atoms with Gasteiger partial charge in [-0.2, -0.15) is 5.10 Å². The Bertz CT molecular complexity index is 979. The number of nitrogens with one attached hydrogen (secondary N) is 2. The van der Waals surface area contributed by atoms with Crippen molar-refractivity contribution in [2.24, 2.45) is 0 Å². The molecule has 0 spiro atoms. The molecule has 0 radical (unpaired) electrons. The van der Waals surface area contributed by atoms with Gasteiger partial charge in [-0.25, -0.2) is 0 Å². The van der Waals surface area contributed by atoms with E-state index in [1.165, 1.54) is 11.8 Å². The molecule has 1 aromatic heterocycles. The summed E-state index contributed by atoms with van der Waals surface area (Å²) in [6, 6.07) is 13.0. The van der Waals surface area contributed by atoms with Crippen LogP contribution in [0.1, 0.15) is 28.9 Å². The largest absolute Gasteiger partial charge is 0.507 e. The van der Waals surface area contributed by atoms with E-state index >= 15 is 0 Å². The first-order valence-electron chi connectivity index (χ1n) is 10.1. The number of carbonyl (C=O) groups is 1. The van der Waals surface area contributed by atoms with Crippen LogP contribution in [0.15, 0.2) is 42.5 Å². The van der Waals surface area contributed by atoms with Crippen molar-refractivity contribution in [1.82, 2.24) is 15.5 Å². The highest BCUT2D eigenvalue weighted by molar-refractivity contribution is 5.96. The highest BCUT2D eigenvalue weighted by Gasteiger charge is 2.13. The molecule has 0 aliphatic carbocycles. The lowest BCUT2D eigenvalue weighted by Gasteiger charge is -2.28. The van der Waals surface area contributed by atoms with E-state index in [0.717, 1.165) is 62.2 Å². The van der Waals surface area contributed by atoms with Crippen LogP contribution in [0.4, 0.5) is 5.69 Å². The molecule has 2 heterocycles. The third-order valence-electron chi connectivity index (χ3n) is 5.28. The van der Waals surface area contributed by atoms with Crippen molar-refractivity contribution >= 4 is 22.5 Å². The minimum absolute atomic E-state index is 0.00411. The van der Waals surface area contributed by atoms with Crippen LogP contribution in [0.3, 0.4) is 0 Å². The number of hydrogen-bond donors (Lipinski definition) is 3. The Morgan fingerprint density at radius 2 is 2.00 bits per heavy atom. The number of phenols is 1. The number of morpholine rings is 1. The van der Waals surface area contributed by atoms with Crippen molar-refractivity contribution < 1.29 is 14.6 Å². The number of para-hydroxylation sites is 1. The van der Waals surface area contributed by atoms with Gasteiger partial charge in [0.1, 0.15) is 5.75 Å². The van der Waals surface area contributed by atoms with Gasteiger partial charge in [0, 0.05) is 30.7 Å². The van der Waals surface area contributed by atoms with Gasteiger partial charge in [-0.15, -0.1) is 0 Å². The molecule has 7 nitrogen and oxygen atoms in total. The topological polar surface area (TPSA) is 90.5 Å². The van der Waals surface area contributed by atoms with Crippen LogP contribution in [0.25, 0.3) is 10.9 Å². The summed E-state index contributed by atoms with van der Waals surface area (Å²) in [4.78, 5) is 14.4. The number of aryl methyl sites for hydroxylation is 1. The van der Waals surface area contributed by atoms with Crippen molar-refractivity contribution in [3.8, 4) is 5.75 Å². The second-order valence-corrected chi connectivity index (χ2v) is 7.23. The Hall–Kier alpha value is -3.06. The Morgan fingerprint density at radius 1 is 1.17 bits per heavy atom. The third-order valence-corrected chi connectivity index (χ3v) is 5.28. The van der Waals surface area contributed by atoms with Gasteiger partial charge in [0.25, 0.3) is 5.91 Å². The number of fused-ring (bicyclic) bond motifs is 1. The summed E-state index contributed by atoms with van der Waals surface area (Å²) in [5, 5.41) is 21.4. The second-order valence-electron chi connectivity index (χ2n) is 7.23. The molecule has 3 aromatic rings. The summed E-state index contributed by atoms with van der Waals surface area (Å²) in [6.07, 6.45) is 2.62. The number of hydrogen-bond acceptors (Lipinski definition) is 5. The number of nitrogens with zero attached hydrogens (tertiary/aromatic N) is 2. The molecule has 2 aromatic carbocycles. The lowest BCUT2D eigenvalue weighted by molar-refractivity contribution is 0.0950. The molecule has 0 saturated carbocycles. The van der Waals surface area contributed by atoms with Crippen LogP contribution < -0.4 is 10.2 Å². The molecule has 7 heteroatoms. The minimum atomic E-state index is -0.246. The van der Waals surface area contributed by atoms with Crippen molar-refractivity contribution in [2.45, 2.75) is 19.3 Å². The molecule has 29 heavy (non-hydrogen) atoms. The quantitative estimate of drug-likeness (QED) is 0.536. The van der Waals surface area contributed by atoms with Crippen molar-refractivity contribution in [3.05, 3.63) is 53.7 Å². The van der Waals surface area contributed by atoms with Gasteiger partial charge in [-0.1, -0.05) is 12.1 Å². The fraction of sp³-hybridized carbons (Fsp3) is 0.364. The Kier molecular flexibility index (Phi) is 5.95. The summed E-state index contributed by atoms with van der Waals surface area (Å²) >= 11 is 0. The zero-order valence-corrected chi connectivity index (χ0v) is 16.4. The Morgan fingerprint density at radius 3 is 2.83 bits per heavy atom. The van der Waals surface area contributed by atoms with Crippen LogP contribution >= 0.6 is 0 Å². The van der Waals surface area contributed by atoms with Gasteiger partial charge in [0.15, 0.2) is 0 Å². The number of anilines is 1. The van der Waals surface area contributed by atoms with Crippen LogP contribution in [-0.2, 0) is 11.2 Å². The maximum Gasteiger partial charge on any atom is 0.255 e. The monoisotopic (exact) mass is 394 g/mol. The average molecular weight is 394 g/mol. The van der Waals surface area contributed by atoms with Gasteiger partial charge in [0.05, 0.1) is 30.0 Å². The first kappa shape index (κ1) is 19.3. The van der Waals surface area contributed by atoms with Crippen molar-refractivity contribution in [3.63, 3.8) is 0 Å². The number of aromatic amines is 1. The van der Waals surface area contributed by atoms with Crippen molar-refractivity contribution in [2.75, 3.05) is 37.7 Å². The molecular weight excluding hydrogens is 368 g/mol. The van der Waals surface area contributed by atoms with Crippen LogP contribution in [0, 0.1) is 0 Å². The molecule has 1 amide bonds. The van der Waals surface area contributed by atoms with Gasteiger partial charge in [-0.3, -0.25) is 9.89 Å². The van der Waals surface area contributed by atoms with Gasteiger partial charge in [0.2, 0.25) is 0 Å². The van der Waals surface area contributed by atoms with Crippen molar-refractivity contribution in [1.29, 1.82) is 0 Å². The molecule has 1 saturated heterocycles. The zero-order chi connectivity index (χ0) is 20.1. The number of amides is 1. The Balaban J connectivity index is 1.27. The maximum atomic E-state index is 12.1. The molecule has 1 aliphatic rings. The first-order valence-corrected chi connectivity index (χ1v) is 10.1. The number of aromatic nitrogens is 2. The van der Waals surface area contributed by atoms with E-state index < -0.39 is 0 Å². The third kappa shape index (κ3) is 4.51. The standard InChI is InChI=1S/C22H26N4O3/c27-21-7-2-1-5-18(21)22(28)23-10-4-3-6-19-17-9-8-16(15-20(17)25-24-19)26-11-13-29-14-12-26/h1-2,5,7-9,15,27H,3-4,6,10-14H2,(H,23,28)(H,24,25). The average Bonchev–Trinajstić information content (AvgIpc) is 3.16. The Labute approximate surface area is 169 Å². The molecule has 3 N–H and O–H groups in total. The minimum Gasteiger partial charge on any atom is -0.507 e. The fourth-order valence-corrected chi connectivity index (χ4v) is 3.65. The summed E-state index contributed by atoms with van der Waals surface area (Å²) in [5.41, 5.74) is 3.61. The van der Waals surface area contributed by atoms with E-state index in [9.17, 15) is 9.90 Å². The molecule has 0 bridgehead atoms. The van der Waals surface area contributed by atoms with Gasteiger partial charge in [-0.05, 0) is 49.6 Å². The van der Waals surface area contributed by atoms with Gasteiger partial charge >= 0.3 is 0 Å². The predicted molar refractivity (Wildman–Crippen MR) is 113 cm³/mol. The summed E-state index contributed by atoms with van der Waals surface area (Å²) in [5.74, 6) is -0.242. The van der Waals surface area contributed by atoms with E-state index in [0.29, 0.717) is 12.1 Å². The molecule has 0 atom stereocenters. The number of phenolic OH excluding ortho intramolecular Hbond substituents is 1. The molecule has 152 valence electrons. The number of benzene rings is 2. The lowest BCUT2D eigenvalue weighted by Crippen LogP contribution is -2.36. The molecule has 0 unspecified atom stereocenters. The highest BCUT2D eigenvalue weighted by Crippen LogP contribution is 2.24. The second kappa shape index (κ2) is 8.96. The van der Waals surface area contributed by atoms with E-state index in [-0.39, 0.29) is 11.7 Å². The number of aromatic hydroxyl groups is 1. The summed E-state index contributed by atoms with van der Waals surface area (Å²) in [6.45, 7) is 3.94. The molecule has 1 aliphatic heterocycles. The summed E-state index contributed by atoms with van der Waals surface area (Å²) < 4.78 is 5.42. The number of ether oxygens (including phenoxy) is 1. The van der Waals surface area contributed by atoms with E-state index in [4.69, 9.17) is 4.74 Å². The van der Waals surface area contributed by atoms with Crippen LogP contribution in [0.2, 0.25) is 0 Å².